The molecule has 1 aromatic heterocycles. The summed E-state index contributed by atoms with van der Waals surface area (Å²) in [7, 11) is 0. The number of hydrogen-bond donors (Lipinski definition) is 2. The Balaban J connectivity index is 1.90. The standard InChI is InChI=1S/C17H17N3O2/c1-3-22-17(21)11(2)19-20-12-8-9-16-14(10-12)13-6-4-5-7-15(13)18-16/h4-10,18,20H,3H2,1-2H3. The highest BCUT2D eigenvalue weighted by Crippen LogP contribution is 2.27. The van der Waals surface area contributed by atoms with E-state index in [1.54, 1.807) is 13.8 Å². The lowest BCUT2D eigenvalue weighted by Crippen LogP contribution is -2.15. The number of hydrazone groups is 1. The SMILES string of the molecule is CCOC(=O)C(C)=NNc1ccc2[nH]c3ccccc3c2c1. The molecule has 22 heavy (non-hydrogen) atoms. The summed E-state index contributed by atoms with van der Waals surface area (Å²) in [4.78, 5) is 14.9. The Hall–Kier alpha value is -2.82. The van der Waals surface area contributed by atoms with Crippen LogP contribution in [0.15, 0.2) is 47.6 Å². The number of aromatic amines is 1. The first-order valence-electron chi connectivity index (χ1n) is 7.17. The molecule has 0 saturated heterocycles. The van der Waals surface area contributed by atoms with Crippen LogP contribution in [0.4, 0.5) is 5.69 Å². The van der Waals surface area contributed by atoms with Crippen LogP contribution in [0.2, 0.25) is 0 Å². The molecule has 2 N–H and O–H groups in total. The first kappa shape index (κ1) is 14.1. The fourth-order valence-electron chi connectivity index (χ4n) is 2.35. The van der Waals surface area contributed by atoms with Crippen molar-refractivity contribution in [1.82, 2.24) is 4.98 Å². The lowest BCUT2D eigenvalue weighted by Gasteiger charge is -2.03. The molecule has 0 fully saturated rings. The van der Waals surface area contributed by atoms with Crippen molar-refractivity contribution in [2.45, 2.75) is 13.8 Å². The van der Waals surface area contributed by atoms with Crippen molar-refractivity contribution < 1.29 is 9.53 Å². The number of nitrogens with zero attached hydrogens (tertiary/aromatic N) is 1. The van der Waals surface area contributed by atoms with Gasteiger partial charge in [-0.2, -0.15) is 5.10 Å². The van der Waals surface area contributed by atoms with E-state index in [-0.39, 0.29) is 0 Å². The second kappa shape index (κ2) is 5.89. The van der Waals surface area contributed by atoms with Gasteiger partial charge in [0.1, 0.15) is 5.71 Å². The molecule has 5 nitrogen and oxygen atoms in total. The summed E-state index contributed by atoms with van der Waals surface area (Å²) in [6.07, 6.45) is 0. The van der Waals surface area contributed by atoms with Crippen molar-refractivity contribution in [2.24, 2.45) is 5.10 Å². The lowest BCUT2D eigenvalue weighted by atomic mass is 10.1. The van der Waals surface area contributed by atoms with Gasteiger partial charge in [0.25, 0.3) is 0 Å². The third-order valence-corrected chi connectivity index (χ3v) is 3.43. The molecule has 0 aliphatic carbocycles. The van der Waals surface area contributed by atoms with E-state index in [2.05, 4.69) is 21.6 Å². The van der Waals surface area contributed by atoms with E-state index in [0.717, 1.165) is 27.5 Å². The Bertz CT molecular complexity index is 865. The Kier molecular flexibility index (Phi) is 3.78. The highest BCUT2D eigenvalue weighted by atomic mass is 16.5. The molecule has 3 rings (SSSR count). The van der Waals surface area contributed by atoms with Gasteiger partial charge in [-0.1, -0.05) is 18.2 Å². The molecule has 0 saturated carbocycles. The number of nitrogens with one attached hydrogen (secondary N) is 2. The van der Waals surface area contributed by atoms with Gasteiger partial charge in [0.15, 0.2) is 0 Å². The third kappa shape index (κ3) is 2.65. The Labute approximate surface area is 128 Å². The number of aromatic nitrogens is 1. The van der Waals surface area contributed by atoms with Gasteiger partial charge >= 0.3 is 5.97 Å². The van der Waals surface area contributed by atoms with E-state index in [0.29, 0.717) is 12.3 Å². The van der Waals surface area contributed by atoms with Crippen LogP contribution in [0.3, 0.4) is 0 Å². The van der Waals surface area contributed by atoms with Gasteiger partial charge in [-0.3, -0.25) is 5.43 Å². The minimum Gasteiger partial charge on any atom is -0.461 e. The number of para-hydroxylation sites is 1. The summed E-state index contributed by atoms with van der Waals surface area (Å²) in [5.74, 6) is -0.414. The maximum Gasteiger partial charge on any atom is 0.354 e. The molecule has 3 aromatic rings. The minimum absolute atomic E-state index is 0.292. The fraction of sp³-hybridized carbons (Fsp3) is 0.176. The second-order valence-electron chi connectivity index (χ2n) is 4.96. The van der Waals surface area contributed by atoms with Gasteiger partial charge < -0.3 is 9.72 Å². The molecule has 0 bridgehead atoms. The number of hydrogen-bond acceptors (Lipinski definition) is 4. The number of fused-ring (bicyclic) bond motifs is 3. The van der Waals surface area contributed by atoms with Crippen LogP contribution in [0.1, 0.15) is 13.8 Å². The van der Waals surface area contributed by atoms with Gasteiger partial charge in [-0.05, 0) is 38.1 Å². The first-order chi connectivity index (χ1) is 10.7. The Morgan fingerprint density at radius 2 is 1.95 bits per heavy atom. The van der Waals surface area contributed by atoms with Crippen LogP contribution in [-0.2, 0) is 9.53 Å². The quantitative estimate of drug-likeness (QED) is 0.438. The molecule has 0 amide bonds. The van der Waals surface area contributed by atoms with Crippen LogP contribution in [0.25, 0.3) is 21.8 Å². The van der Waals surface area contributed by atoms with Gasteiger partial charge in [-0.25, -0.2) is 4.79 Å². The monoisotopic (exact) mass is 295 g/mol. The minimum atomic E-state index is -0.414. The molecular weight excluding hydrogens is 278 g/mol. The molecule has 0 spiro atoms. The normalized spacial score (nSPS) is 11.8. The van der Waals surface area contributed by atoms with Crippen molar-refractivity contribution in [3.8, 4) is 0 Å². The summed E-state index contributed by atoms with van der Waals surface area (Å²) >= 11 is 0. The number of ether oxygens (including phenoxy) is 1. The average molecular weight is 295 g/mol. The molecular formula is C17H17N3O2. The summed E-state index contributed by atoms with van der Waals surface area (Å²) in [6.45, 7) is 3.73. The predicted molar refractivity (Wildman–Crippen MR) is 89.2 cm³/mol. The first-order valence-corrected chi connectivity index (χ1v) is 7.17. The van der Waals surface area contributed by atoms with Crippen LogP contribution >= 0.6 is 0 Å². The highest BCUT2D eigenvalue weighted by molar-refractivity contribution is 6.35. The molecule has 0 atom stereocenters. The number of anilines is 1. The largest absolute Gasteiger partial charge is 0.461 e. The summed E-state index contributed by atoms with van der Waals surface area (Å²) < 4.78 is 4.89. The van der Waals surface area contributed by atoms with Crippen LogP contribution in [-0.4, -0.2) is 23.3 Å². The Morgan fingerprint density at radius 1 is 1.18 bits per heavy atom. The predicted octanol–water partition coefficient (Wildman–Crippen LogP) is 3.67. The number of esters is 1. The van der Waals surface area contributed by atoms with E-state index in [1.165, 1.54) is 0 Å². The third-order valence-electron chi connectivity index (χ3n) is 3.43. The number of rotatable bonds is 4. The van der Waals surface area contributed by atoms with Crippen LogP contribution in [0.5, 0.6) is 0 Å². The maximum atomic E-state index is 11.5. The summed E-state index contributed by atoms with van der Waals surface area (Å²) in [6, 6.07) is 14.1. The van der Waals surface area contributed by atoms with Crippen LogP contribution < -0.4 is 5.43 Å². The molecule has 2 aromatic carbocycles. The number of carbonyl (C=O) groups excluding carboxylic acids is 1. The summed E-state index contributed by atoms with van der Waals surface area (Å²) in [5.41, 5.74) is 6.18. The molecule has 1 heterocycles. The van der Waals surface area contributed by atoms with E-state index < -0.39 is 5.97 Å². The Morgan fingerprint density at radius 3 is 2.77 bits per heavy atom. The van der Waals surface area contributed by atoms with Crippen molar-refractivity contribution in [2.75, 3.05) is 12.0 Å². The molecule has 0 unspecified atom stereocenters. The average Bonchev–Trinajstić information content (AvgIpc) is 2.90. The van der Waals surface area contributed by atoms with E-state index in [4.69, 9.17) is 4.74 Å². The van der Waals surface area contributed by atoms with Gasteiger partial charge in [0.2, 0.25) is 0 Å². The summed E-state index contributed by atoms with van der Waals surface area (Å²) in [5, 5.41) is 6.34. The van der Waals surface area contributed by atoms with Gasteiger partial charge in [0.05, 0.1) is 12.3 Å². The highest BCUT2D eigenvalue weighted by Gasteiger charge is 2.07. The van der Waals surface area contributed by atoms with E-state index in [9.17, 15) is 4.79 Å². The molecule has 112 valence electrons. The number of carbonyl (C=O) groups is 1. The smallest absolute Gasteiger partial charge is 0.354 e. The van der Waals surface area contributed by atoms with Crippen molar-refractivity contribution in [3.63, 3.8) is 0 Å². The van der Waals surface area contributed by atoms with Crippen molar-refractivity contribution in [1.29, 1.82) is 0 Å². The van der Waals surface area contributed by atoms with Crippen molar-refractivity contribution in [3.05, 3.63) is 42.5 Å². The number of benzene rings is 2. The second-order valence-corrected chi connectivity index (χ2v) is 4.96. The van der Waals surface area contributed by atoms with Gasteiger partial charge in [-0.15, -0.1) is 0 Å². The van der Waals surface area contributed by atoms with Crippen molar-refractivity contribution >= 4 is 39.2 Å². The molecule has 0 aliphatic heterocycles. The molecule has 0 radical (unpaired) electrons. The zero-order valence-corrected chi connectivity index (χ0v) is 12.5. The lowest BCUT2D eigenvalue weighted by molar-refractivity contribution is -0.135. The number of H-pyrrole nitrogens is 1. The van der Waals surface area contributed by atoms with Gasteiger partial charge in [0, 0.05) is 21.8 Å². The molecule has 5 heteroatoms. The molecule has 0 aliphatic rings. The maximum absolute atomic E-state index is 11.5. The zero-order chi connectivity index (χ0) is 15.5. The fourth-order valence-corrected chi connectivity index (χ4v) is 2.35. The van der Waals surface area contributed by atoms with E-state index >= 15 is 0 Å². The zero-order valence-electron chi connectivity index (χ0n) is 12.5. The topological polar surface area (TPSA) is 66.5 Å². The van der Waals surface area contributed by atoms with E-state index in [1.807, 2.05) is 36.4 Å². The van der Waals surface area contributed by atoms with Crippen LogP contribution in [0, 0.1) is 0 Å².